The maximum Gasteiger partial charge on any atom is 0.230 e. The highest BCUT2D eigenvalue weighted by Crippen LogP contribution is 2.58. The van der Waals surface area contributed by atoms with Crippen LogP contribution in [0, 0.1) is 18.3 Å². The van der Waals surface area contributed by atoms with Gasteiger partial charge < -0.3 is 18.5 Å². The predicted octanol–water partition coefficient (Wildman–Crippen LogP) is 10.7. The number of amides is 1. The zero-order valence-electron chi connectivity index (χ0n) is 31.1. The molecule has 5 aliphatic rings. The number of carbonyl (C=O) groups excluding carboxylic acids is 1. The molecule has 0 unspecified atom stereocenters. The number of fused-ring (bicyclic) bond motifs is 3. The molecule has 0 radical (unpaired) electrons. The van der Waals surface area contributed by atoms with Crippen LogP contribution in [0.4, 0.5) is 5.69 Å². The molecular formula is C42H58N2O4Si. The van der Waals surface area contributed by atoms with Crippen LogP contribution in [0.25, 0.3) is 11.3 Å². The zero-order valence-corrected chi connectivity index (χ0v) is 32.1. The Morgan fingerprint density at radius 2 is 1.65 bits per heavy atom. The molecule has 3 aromatic rings. The van der Waals surface area contributed by atoms with Gasteiger partial charge in [0.1, 0.15) is 17.7 Å². The van der Waals surface area contributed by atoms with E-state index >= 15 is 0 Å². The van der Waals surface area contributed by atoms with Gasteiger partial charge in [0, 0.05) is 35.7 Å². The number of oxazole rings is 1. The van der Waals surface area contributed by atoms with Gasteiger partial charge in [0.15, 0.2) is 14.2 Å². The monoisotopic (exact) mass is 682 g/mol. The molecule has 5 fully saturated rings. The summed E-state index contributed by atoms with van der Waals surface area (Å²) in [6, 6.07) is 15.3. The lowest BCUT2D eigenvalue weighted by Gasteiger charge is -2.55. The van der Waals surface area contributed by atoms with Crippen molar-refractivity contribution in [3.8, 4) is 17.0 Å². The number of methoxy groups -OCH3 is 1. The normalized spacial score (nSPS) is 27.2. The summed E-state index contributed by atoms with van der Waals surface area (Å²) in [5.41, 5.74) is 5.96. The quantitative estimate of drug-likeness (QED) is 0.199. The minimum absolute atomic E-state index is 0.0291. The number of benzene rings is 2. The summed E-state index contributed by atoms with van der Waals surface area (Å²) in [6.45, 7) is 14.6. The van der Waals surface area contributed by atoms with Crippen molar-refractivity contribution >= 4 is 19.9 Å². The lowest BCUT2D eigenvalue weighted by atomic mass is 9.51. The molecule has 1 aromatic heterocycles. The van der Waals surface area contributed by atoms with Crippen molar-refractivity contribution in [1.29, 1.82) is 0 Å². The highest BCUT2D eigenvalue weighted by Gasteiger charge is 2.51. The fourth-order valence-electron chi connectivity index (χ4n) is 8.79. The molecule has 2 aromatic carbocycles. The second-order valence-electron chi connectivity index (χ2n) is 17.6. The maximum atomic E-state index is 14.8. The Morgan fingerprint density at radius 1 is 0.959 bits per heavy atom. The van der Waals surface area contributed by atoms with Gasteiger partial charge >= 0.3 is 0 Å². The fourth-order valence-corrected chi connectivity index (χ4v) is 10.2. The molecule has 8 rings (SSSR count). The van der Waals surface area contributed by atoms with Crippen molar-refractivity contribution in [2.75, 3.05) is 18.6 Å². The van der Waals surface area contributed by atoms with Crippen molar-refractivity contribution < 1.29 is 18.4 Å². The van der Waals surface area contributed by atoms with Gasteiger partial charge in [-0.25, -0.2) is 4.98 Å². The van der Waals surface area contributed by atoms with E-state index in [9.17, 15) is 4.79 Å². The molecule has 49 heavy (non-hydrogen) atoms. The Balaban J connectivity index is 1.11. The Kier molecular flexibility index (Phi) is 9.17. The second-order valence-corrected chi connectivity index (χ2v) is 22.4. The molecule has 2 bridgehead atoms. The van der Waals surface area contributed by atoms with Crippen LogP contribution in [0.1, 0.15) is 121 Å². The summed E-state index contributed by atoms with van der Waals surface area (Å²) in [4.78, 5) is 21.8. The van der Waals surface area contributed by atoms with Crippen LogP contribution < -0.4 is 9.64 Å². The largest absolute Gasteiger partial charge is 0.496 e. The first-order valence-electron chi connectivity index (χ1n) is 19.0. The van der Waals surface area contributed by atoms with Crippen molar-refractivity contribution in [1.82, 2.24) is 4.98 Å². The van der Waals surface area contributed by atoms with Crippen molar-refractivity contribution in [2.45, 2.75) is 140 Å². The third kappa shape index (κ3) is 6.91. The number of nitrogens with zero attached hydrogens (tertiary/aromatic N) is 2. The molecular weight excluding hydrogens is 625 g/mol. The van der Waals surface area contributed by atoms with Crippen LogP contribution >= 0.6 is 0 Å². The molecule has 7 heteroatoms. The van der Waals surface area contributed by atoms with Crippen LogP contribution in [-0.2, 0) is 14.6 Å². The van der Waals surface area contributed by atoms with E-state index < -0.39 is 8.32 Å². The van der Waals surface area contributed by atoms with E-state index in [0.29, 0.717) is 11.8 Å². The Labute approximate surface area is 295 Å². The molecule has 0 saturated heterocycles. The minimum atomic E-state index is -1.85. The number of aromatic nitrogens is 1. The van der Waals surface area contributed by atoms with Crippen LogP contribution in [0.3, 0.4) is 0 Å². The third-order valence-electron chi connectivity index (χ3n) is 13.4. The summed E-state index contributed by atoms with van der Waals surface area (Å²) in [5, 5.41) is 0.188. The average Bonchev–Trinajstić information content (AvgIpc) is 3.83. The lowest BCUT2D eigenvalue weighted by Crippen LogP contribution is -2.52. The number of hydrogen-bond donors (Lipinski definition) is 0. The molecule has 0 aliphatic heterocycles. The van der Waals surface area contributed by atoms with E-state index in [1.807, 2.05) is 0 Å². The Bertz CT molecular complexity index is 1630. The Hall–Kier alpha value is -2.90. The number of aryl methyl sites for hydroxylation is 1. The summed E-state index contributed by atoms with van der Waals surface area (Å²) < 4.78 is 18.3. The van der Waals surface area contributed by atoms with E-state index in [2.05, 4.69) is 88.2 Å². The van der Waals surface area contributed by atoms with E-state index in [1.54, 1.807) is 13.4 Å². The average molecular weight is 683 g/mol. The Morgan fingerprint density at radius 3 is 2.27 bits per heavy atom. The summed E-state index contributed by atoms with van der Waals surface area (Å²) >= 11 is 0. The van der Waals surface area contributed by atoms with Crippen LogP contribution in [0.2, 0.25) is 18.1 Å². The van der Waals surface area contributed by atoms with Gasteiger partial charge in [-0.15, -0.1) is 0 Å². The summed E-state index contributed by atoms with van der Waals surface area (Å²) in [5.74, 6) is 2.61. The molecule has 6 nitrogen and oxygen atoms in total. The van der Waals surface area contributed by atoms with Gasteiger partial charge in [0.05, 0.1) is 7.11 Å². The summed E-state index contributed by atoms with van der Waals surface area (Å²) in [6.07, 6.45) is 15.1. The van der Waals surface area contributed by atoms with Crippen LogP contribution in [0.15, 0.2) is 53.1 Å². The molecule has 1 amide bonds. The van der Waals surface area contributed by atoms with Crippen molar-refractivity contribution in [3.63, 3.8) is 0 Å². The molecule has 264 valence electrons. The SMILES string of the molecule is COc1ccc(C23CCC(CN(C(=O)C4CCC(O[Si](C)(C)C(C)(C)C)CC4)c4cccc(-c5coc(C6CC6)n5)c4)(CC2)CC3)cc1C. The highest BCUT2D eigenvalue weighted by molar-refractivity contribution is 6.74. The van der Waals surface area contributed by atoms with Crippen molar-refractivity contribution in [2.24, 2.45) is 11.3 Å². The number of carbonyl (C=O) groups is 1. The number of ether oxygens (including phenoxy) is 1. The van der Waals surface area contributed by atoms with Gasteiger partial charge in [-0.2, -0.15) is 0 Å². The van der Waals surface area contributed by atoms with Gasteiger partial charge in [-0.1, -0.05) is 45.0 Å². The van der Waals surface area contributed by atoms with E-state index in [0.717, 1.165) is 92.9 Å². The first-order chi connectivity index (χ1) is 23.3. The second kappa shape index (κ2) is 13.0. The molecule has 5 aliphatic carbocycles. The fraction of sp³-hybridized carbons (Fsp3) is 0.619. The van der Waals surface area contributed by atoms with Crippen molar-refractivity contribution in [3.05, 3.63) is 65.7 Å². The van der Waals surface area contributed by atoms with Gasteiger partial charge in [-0.05, 0) is 142 Å². The molecule has 5 saturated carbocycles. The predicted molar refractivity (Wildman–Crippen MR) is 200 cm³/mol. The zero-order chi connectivity index (χ0) is 34.6. The van der Waals surface area contributed by atoms with Crippen LogP contribution in [0.5, 0.6) is 5.75 Å². The molecule has 1 heterocycles. The molecule has 0 atom stereocenters. The number of anilines is 1. The molecule has 0 spiro atoms. The smallest absolute Gasteiger partial charge is 0.230 e. The first-order valence-corrected chi connectivity index (χ1v) is 21.9. The van der Waals surface area contributed by atoms with Gasteiger partial charge in [0.2, 0.25) is 5.91 Å². The third-order valence-corrected chi connectivity index (χ3v) is 17.9. The van der Waals surface area contributed by atoms with Gasteiger partial charge in [-0.3, -0.25) is 4.79 Å². The van der Waals surface area contributed by atoms with Crippen LogP contribution in [-0.4, -0.2) is 39.0 Å². The molecule has 0 N–H and O–H groups in total. The van der Waals surface area contributed by atoms with Gasteiger partial charge in [0.25, 0.3) is 0 Å². The van der Waals surface area contributed by atoms with E-state index in [1.165, 1.54) is 30.4 Å². The standard InChI is InChI=1S/C42H58N2O4Si/c1-29-25-33(15-18-37(29)46-5)42-22-19-41(20-23-42,21-24-42)28-44(34-10-8-9-32(26-34)36-27-47-38(43-36)30-11-12-30)39(45)31-13-16-35(17-14-31)48-49(6,7)40(2,3)4/h8-10,15,18,25-27,30-31,35H,11-14,16-17,19-24,28H2,1-7H3. The maximum absolute atomic E-state index is 14.8. The highest BCUT2D eigenvalue weighted by atomic mass is 28.4. The topological polar surface area (TPSA) is 64.8 Å². The minimum Gasteiger partial charge on any atom is -0.496 e. The number of rotatable bonds is 10. The van der Waals surface area contributed by atoms with E-state index in [4.69, 9.17) is 18.6 Å². The summed E-state index contributed by atoms with van der Waals surface area (Å²) in [7, 11) is -0.0957. The van der Waals surface area contributed by atoms with E-state index in [-0.39, 0.29) is 27.9 Å². The number of hydrogen-bond acceptors (Lipinski definition) is 5. The lowest BCUT2D eigenvalue weighted by molar-refractivity contribution is -0.124. The first kappa shape index (κ1) is 34.5.